The lowest BCUT2D eigenvalue weighted by atomic mass is 10.00. The summed E-state index contributed by atoms with van der Waals surface area (Å²) < 4.78 is 6.00. The topological polar surface area (TPSA) is 12.5 Å². The minimum atomic E-state index is 0.168. The smallest absolute Gasteiger partial charge is 0.0952 e. The maximum Gasteiger partial charge on any atom is 0.0952 e. The number of ether oxygens (including phenoxy) is 1. The van der Waals surface area contributed by atoms with E-state index in [2.05, 4.69) is 102 Å². The molecule has 1 aliphatic rings. The van der Waals surface area contributed by atoms with Crippen LogP contribution in [-0.4, -0.2) is 24.6 Å². The predicted molar refractivity (Wildman–Crippen MR) is 120 cm³/mol. The van der Waals surface area contributed by atoms with Crippen molar-refractivity contribution >= 4 is 10.8 Å². The van der Waals surface area contributed by atoms with E-state index >= 15 is 0 Å². The summed E-state index contributed by atoms with van der Waals surface area (Å²) in [6.45, 7) is 3.67. The number of hydrogen-bond donors (Lipinski definition) is 0. The standard InChI is InChI=1S/C27H25NO/c1-2-7-24(8-3-1)27-20-28(16-17-29-27)19-21-10-12-23(13-11-21)26-15-14-22-6-4-5-9-25(22)18-26/h1-15,18,27H,16-17,19-20H2. The van der Waals surface area contributed by atoms with Crippen LogP contribution in [0.15, 0.2) is 97.1 Å². The maximum absolute atomic E-state index is 6.00. The second kappa shape index (κ2) is 8.20. The molecule has 2 heteroatoms. The third kappa shape index (κ3) is 4.09. The molecule has 0 N–H and O–H groups in total. The molecule has 4 aromatic rings. The summed E-state index contributed by atoms with van der Waals surface area (Å²) in [4.78, 5) is 2.49. The van der Waals surface area contributed by atoms with Crippen LogP contribution >= 0.6 is 0 Å². The third-order valence-corrected chi connectivity index (χ3v) is 5.76. The van der Waals surface area contributed by atoms with Crippen LogP contribution in [-0.2, 0) is 11.3 Å². The maximum atomic E-state index is 6.00. The molecule has 1 saturated heterocycles. The number of benzene rings is 4. The molecule has 0 aliphatic carbocycles. The molecule has 5 rings (SSSR count). The molecule has 0 saturated carbocycles. The lowest BCUT2D eigenvalue weighted by Gasteiger charge is -2.33. The molecular formula is C27H25NO. The summed E-state index contributed by atoms with van der Waals surface area (Å²) in [6, 6.07) is 34.8. The number of hydrogen-bond acceptors (Lipinski definition) is 2. The average molecular weight is 380 g/mol. The van der Waals surface area contributed by atoms with Crippen LogP contribution in [0.5, 0.6) is 0 Å². The Bertz CT molecular complexity index is 1090. The van der Waals surface area contributed by atoms with Gasteiger partial charge < -0.3 is 4.74 Å². The first-order valence-electron chi connectivity index (χ1n) is 10.3. The second-order valence-corrected chi connectivity index (χ2v) is 7.76. The van der Waals surface area contributed by atoms with Crippen LogP contribution in [0, 0.1) is 0 Å². The number of fused-ring (bicyclic) bond motifs is 1. The highest BCUT2D eigenvalue weighted by Crippen LogP contribution is 2.26. The molecule has 1 heterocycles. The van der Waals surface area contributed by atoms with E-state index in [-0.39, 0.29) is 6.10 Å². The highest BCUT2D eigenvalue weighted by atomic mass is 16.5. The molecule has 29 heavy (non-hydrogen) atoms. The number of rotatable bonds is 4. The molecule has 2 nitrogen and oxygen atoms in total. The van der Waals surface area contributed by atoms with Crippen LogP contribution in [0.2, 0.25) is 0 Å². The van der Waals surface area contributed by atoms with E-state index in [0.29, 0.717) is 0 Å². The van der Waals surface area contributed by atoms with E-state index in [0.717, 1.165) is 26.2 Å². The van der Waals surface area contributed by atoms with Gasteiger partial charge in [0.2, 0.25) is 0 Å². The predicted octanol–water partition coefficient (Wildman–Crippen LogP) is 6.08. The van der Waals surface area contributed by atoms with E-state index in [1.54, 1.807) is 0 Å². The Hall–Kier alpha value is -2.94. The Morgan fingerprint density at radius 2 is 1.45 bits per heavy atom. The van der Waals surface area contributed by atoms with Crippen LogP contribution in [0.1, 0.15) is 17.2 Å². The van der Waals surface area contributed by atoms with Gasteiger partial charge >= 0.3 is 0 Å². The first-order valence-corrected chi connectivity index (χ1v) is 10.3. The Morgan fingerprint density at radius 1 is 0.724 bits per heavy atom. The molecule has 1 unspecified atom stereocenters. The van der Waals surface area contributed by atoms with Crippen molar-refractivity contribution in [3.05, 3.63) is 108 Å². The summed E-state index contributed by atoms with van der Waals surface area (Å²) in [5, 5.41) is 2.57. The van der Waals surface area contributed by atoms with Gasteiger partial charge in [0.25, 0.3) is 0 Å². The van der Waals surface area contributed by atoms with E-state index in [4.69, 9.17) is 4.74 Å². The third-order valence-electron chi connectivity index (χ3n) is 5.76. The van der Waals surface area contributed by atoms with Crippen LogP contribution < -0.4 is 0 Å². The molecule has 0 bridgehead atoms. The Balaban J connectivity index is 1.28. The van der Waals surface area contributed by atoms with Gasteiger partial charge in [0.1, 0.15) is 0 Å². The summed E-state index contributed by atoms with van der Waals surface area (Å²) in [5.41, 5.74) is 5.15. The van der Waals surface area contributed by atoms with Crippen molar-refractivity contribution in [3.63, 3.8) is 0 Å². The van der Waals surface area contributed by atoms with Crippen LogP contribution in [0.25, 0.3) is 21.9 Å². The summed E-state index contributed by atoms with van der Waals surface area (Å²) in [7, 11) is 0. The summed E-state index contributed by atoms with van der Waals surface area (Å²) >= 11 is 0. The number of morpholine rings is 1. The highest BCUT2D eigenvalue weighted by molar-refractivity contribution is 5.87. The fraction of sp³-hybridized carbons (Fsp3) is 0.185. The quantitative estimate of drug-likeness (QED) is 0.426. The molecule has 1 aliphatic heterocycles. The van der Waals surface area contributed by atoms with Gasteiger partial charge in [-0.1, -0.05) is 91.0 Å². The zero-order valence-corrected chi connectivity index (χ0v) is 16.5. The fourth-order valence-electron chi connectivity index (χ4n) is 4.15. The van der Waals surface area contributed by atoms with Crippen LogP contribution in [0.4, 0.5) is 0 Å². The van der Waals surface area contributed by atoms with Gasteiger partial charge in [0.05, 0.1) is 12.7 Å². The lowest BCUT2D eigenvalue weighted by molar-refractivity contribution is -0.0329. The van der Waals surface area contributed by atoms with Gasteiger partial charge in [-0.15, -0.1) is 0 Å². The van der Waals surface area contributed by atoms with Gasteiger partial charge in [0, 0.05) is 19.6 Å². The molecule has 0 spiro atoms. The zero-order chi connectivity index (χ0) is 19.5. The van der Waals surface area contributed by atoms with Crippen molar-refractivity contribution in [1.82, 2.24) is 4.90 Å². The SMILES string of the molecule is c1ccc(C2CN(Cc3ccc(-c4ccc5ccccc5c4)cc3)CCO2)cc1. The molecule has 144 valence electrons. The second-order valence-electron chi connectivity index (χ2n) is 7.76. The molecule has 0 aromatic heterocycles. The molecule has 1 atom stereocenters. The minimum Gasteiger partial charge on any atom is -0.371 e. The number of nitrogens with zero attached hydrogens (tertiary/aromatic N) is 1. The highest BCUT2D eigenvalue weighted by Gasteiger charge is 2.21. The molecule has 0 radical (unpaired) electrons. The van der Waals surface area contributed by atoms with E-state index < -0.39 is 0 Å². The molecule has 4 aromatic carbocycles. The van der Waals surface area contributed by atoms with Gasteiger partial charge in [-0.3, -0.25) is 4.90 Å². The normalized spacial score (nSPS) is 17.4. The van der Waals surface area contributed by atoms with Gasteiger partial charge in [-0.2, -0.15) is 0 Å². The van der Waals surface area contributed by atoms with Crippen molar-refractivity contribution in [2.75, 3.05) is 19.7 Å². The van der Waals surface area contributed by atoms with E-state index in [1.165, 1.54) is 33.0 Å². The Morgan fingerprint density at radius 3 is 2.28 bits per heavy atom. The Labute approximate surface area is 172 Å². The van der Waals surface area contributed by atoms with Gasteiger partial charge in [0.15, 0.2) is 0 Å². The first kappa shape index (κ1) is 18.1. The fourth-order valence-corrected chi connectivity index (χ4v) is 4.15. The monoisotopic (exact) mass is 379 g/mol. The van der Waals surface area contributed by atoms with E-state index in [9.17, 15) is 0 Å². The molecule has 0 amide bonds. The average Bonchev–Trinajstić information content (AvgIpc) is 2.80. The van der Waals surface area contributed by atoms with Gasteiger partial charge in [-0.25, -0.2) is 0 Å². The summed E-state index contributed by atoms with van der Waals surface area (Å²) in [6.07, 6.45) is 0.168. The molecule has 1 fully saturated rings. The van der Waals surface area contributed by atoms with E-state index in [1.807, 2.05) is 0 Å². The van der Waals surface area contributed by atoms with Gasteiger partial charge in [-0.05, 0) is 39.1 Å². The van der Waals surface area contributed by atoms with Crippen LogP contribution in [0.3, 0.4) is 0 Å². The minimum absolute atomic E-state index is 0.168. The summed E-state index contributed by atoms with van der Waals surface area (Å²) in [5.74, 6) is 0. The Kier molecular flexibility index (Phi) is 5.12. The molecular weight excluding hydrogens is 354 g/mol. The van der Waals surface area contributed by atoms with Crippen molar-refractivity contribution in [2.45, 2.75) is 12.6 Å². The zero-order valence-electron chi connectivity index (χ0n) is 16.5. The van der Waals surface area contributed by atoms with Crippen molar-refractivity contribution < 1.29 is 4.74 Å². The first-order chi connectivity index (χ1) is 14.3. The largest absolute Gasteiger partial charge is 0.371 e. The van der Waals surface area contributed by atoms with Crippen molar-refractivity contribution in [1.29, 1.82) is 0 Å². The van der Waals surface area contributed by atoms with Crippen molar-refractivity contribution in [2.24, 2.45) is 0 Å². The lowest BCUT2D eigenvalue weighted by Crippen LogP contribution is -2.37. The van der Waals surface area contributed by atoms with Crippen molar-refractivity contribution in [3.8, 4) is 11.1 Å².